The Bertz CT molecular complexity index is 832. The van der Waals surface area contributed by atoms with E-state index in [0.29, 0.717) is 28.9 Å². The Morgan fingerprint density at radius 1 is 1.14 bits per heavy atom. The van der Waals surface area contributed by atoms with Gasteiger partial charge in [-0.25, -0.2) is 14.2 Å². The van der Waals surface area contributed by atoms with Crippen molar-refractivity contribution in [2.24, 2.45) is 0 Å². The van der Waals surface area contributed by atoms with Crippen LogP contribution >= 0.6 is 0 Å². The summed E-state index contributed by atoms with van der Waals surface area (Å²) in [5, 5.41) is 0. The largest absolute Gasteiger partial charge is 0.462 e. The molecule has 0 aliphatic rings. The van der Waals surface area contributed by atoms with Crippen LogP contribution in [-0.2, 0) is 4.74 Å². The van der Waals surface area contributed by atoms with Gasteiger partial charge in [0, 0.05) is 5.56 Å². The van der Waals surface area contributed by atoms with Crippen LogP contribution in [0, 0.1) is 5.82 Å². The second kappa shape index (κ2) is 5.89. The summed E-state index contributed by atoms with van der Waals surface area (Å²) in [6.45, 7) is 2.08. The lowest BCUT2D eigenvalue weighted by molar-refractivity contribution is 0.0526. The smallest absolute Gasteiger partial charge is 0.338 e. The van der Waals surface area contributed by atoms with E-state index >= 15 is 0 Å². The highest BCUT2D eigenvalue weighted by molar-refractivity contribution is 5.93. The minimum absolute atomic E-state index is 0.295. The summed E-state index contributed by atoms with van der Waals surface area (Å²) in [7, 11) is 0. The Morgan fingerprint density at radius 3 is 2.64 bits per heavy atom. The van der Waals surface area contributed by atoms with Gasteiger partial charge in [0.05, 0.1) is 35.1 Å². The predicted octanol–water partition coefficient (Wildman–Crippen LogP) is 3.61. The number of benzene rings is 2. The normalized spacial score (nSPS) is 10.6. The van der Waals surface area contributed by atoms with E-state index in [9.17, 15) is 9.18 Å². The molecule has 0 saturated heterocycles. The minimum Gasteiger partial charge on any atom is -0.462 e. The third-order valence-electron chi connectivity index (χ3n) is 3.19. The van der Waals surface area contributed by atoms with Gasteiger partial charge in [-0.15, -0.1) is 0 Å². The number of aromatic nitrogens is 2. The average Bonchev–Trinajstić information content (AvgIpc) is 2.55. The van der Waals surface area contributed by atoms with E-state index in [2.05, 4.69) is 9.97 Å². The first-order valence-corrected chi connectivity index (χ1v) is 6.87. The number of hydrogen-bond acceptors (Lipinski definition) is 4. The Kier molecular flexibility index (Phi) is 3.78. The number of fused-ring (bicyclic) bond motifs is 1. The quantitative estimate of drug-likeness (QED) is 0.693. The predicted molar refractivity (Wildman–Crippen MR) is 80.9 cm³/mol. The van der Waals surface area contributed by atoms with Gasteiger partial charge in [0.25, 0.3) is 0 Å². The lowest BCUT2D eigenvalue weighted by Crippen LogP contribution is -2.04. The Hall–Kier alpha value is -2.82. The fourth-order valence-corrected chi connectivity index (χ4v) is 2.11. The first kappa shape index (κ1) is 14.1. The van der Waals surface area contributed by atoms with Crippen molar-refractivity contribution in [2.75, 3.05) is 6.61 Å². The molecule has 2 aromatic carbocycles. The molecule has 0 atom stereocenters. The molecule has 0 radical (unpaired) electrons. The van der Waals surface area contributed by atoms with E-state index < -0.39 is 0 Å². The van der Waals surface area contributed by atoms with Crippen molar-refractivity contribution < 1.29 is 13.9 Å². The SMILES string of the molecule is CCOC(=O)c1ccc2nc(-c3ccc(F)cc3)cnc2c1. The molecule has 3 aromatic rings. The Labute approximate surface area is 126 Å². The fourth-order valence-electron chi connectivity index (χ4n) is 2.11. The fraction of sp³-hybridized carbons (Fsp3) is 0.118. The molecule has 3 rings (SSSR count). The van der Waals surface area contributed by atoms with Gasteiger partial charge in [-0.3, -0.25) is 4.98 Å². The molecule has 0 bridgehead atoms. The zero-order chi connectivity index (χ0) is 15.5. The minimum atomic E-state index is -0.381. The topological polar surface area (TPSA) is 52.1 Å². The second-order valence-corrected chi connectivity index (χ2v) is 4.69. The number of halogens is 1. The molecule has 0 saturated carbocycles. The lowest BCUT2D eigenvalue weighted by atomic mass is 10.1. The van der Waals surface area contributed by atoms with Crippen molar-refractivity contribution in [3.8, 4) is 11.3 Å². The van der Waals surface area contributed by atoms with Crippen molar-refractivity contribution in [2.45, 2.75) is 6.92 Å². The van der Waals surface area contributed by atoms with E-state index in [1.165, 1.54) is 12.1 Å². The highest BCUT2D eigenvalue weighted by atomic mass is 19.1. The average molecular weight is 296 g/mol. The molecule has 1 aromatic heterocycles. The number of hydrogen-bond donors (Lipinski definition) is 0. The molecule has 0 aliphatic carbocycles. The number of carbonyl (C=O) groups excluding carboxylic acids is 1. The van der Waals surface area contributed by atoms with Gasteiger partial charge in [-0.2, -0.15) is 0 Å². The molecule has 22 heavy (non-hydrogen) atoms. The zero-order valence-electron chi connectivity index (χ0n) is 11.9. The number of ether oxygens (including phenoxy) is 1. The van der Waals surface area contributed by atoms with Gasteiger partial charge in [0.1, 0.15) is 5.82 Å². The van der Waals surface area contributed by atoms with Gasteiger partial charge in [0.2, 0.25) is 0 Å². The summed E-state index contributed by atoms with van der Waals surface area (Å²) in [4.78, 5) is 20.5. The Morgan fingerprint density at radius 2 is 1.91 bits per heavy atom. The molecule has 0 spiro atoms. The molecule has 0 fully saturated rings. The summed E-state index contributed by atoms with van der Waals surface area (Å²) in [5.41, 5.74) is 3.14. The molecular formula is C17H13FN2O2. The van der Waals surface area contributed by atoms with Crippen molar-refractivity contribution in [3.05, 3.63) is 60.0 Å². The van der Waals surface area contributed by atoms with E-state index in [0.717, 1.165) is 5.56 Å². The van der Waals surface area contributed by atoms with Crippen LogP contribution in [0.2, 0.25) is 0 Å². The first-order chi connectivity index (χ1) is 10.7. The van der Waals surface area contributed by atoms with Crippen LogP contribution in [0.4, 0.5) is 4.39 Å². The van der Waals surface area contributed by atoms with Gasteiger partial charge in [0.15, 0.2) is 0 Å². The maximum Gasteiger partial charge on any atom is 0.338 e. The molecule has 4 nitrogen and oxygen atoms in total. The monoisotopic (exact) mass is 296 g/mol. The van der Waals surface area contributed by atoms with Crippen molar-refractivity contribution >= 4 is 17.0 Å². The van der Waals surface area contributed by atoms with Crippen LogP contribution in [0.3, 0.4) is 0 Å². The Balaban J connectivity index is 1.99. The highest BCUT2D eigenvalue weighted by Crippen LogP contribution is 2.20. The molecular weight excluding hydrogens is 283 g/mol. The maximum absolute atomic E-state index is 13.0. The van der Waals surface area contributed by atoms with E-state index in [4.69, 9.17) is 4.74 Å². The molecule has 1 heterocycles. The summed E-state index contributed by atoms with van der Waals surface area (Å²) in [5.74, 6) is -0.676. The number of carbonyl (C=O) groups is 1. The van der Waals surface area contributed by atoms with Gasteiger partial charge in [-0.05, 0) is 49.4 Å². The molecule has 5 heteroatoms. The van der Waals surface area contributed by atoms with E-state index in [1.807, 2.05) is 0 Å². The van der Waals surface area contributed by atoms with Crippen LogP contribution in [0.5, 0.6) is 0 Å². The van der Waals surface area contributed by atoms with Gasteiger partial charge in [-0.1, -0.05) is 0 Å². The summed E-state index contributed by atoms with van der Waals surface area (Å²) in [6, 6.07) is 11.1. The standard InChI is InChI=1S/C17H13FN2O2/c1-2-22-17(21)12-5-8-14-15(9-12)19-10-16(20-14)11-3-6-13(18)7-4-11/h3-10H,2H2,1H3. The second-order valence-electron chi connectivity index (χ2n) is 4.69. The molecule has 0 aliphatic heterocycles. The maximum atomic E-state index is 13.0. The molecule has 0 N–H and O–H groups in total. The number of nitrogens with zero attached hydrogens (tertiary/aromatic N) is 2. The number of esters is 1. The highest BCUT2D eigenvalue weighted by Gasteiger charge is 2.09. The summed E-state index contributed by atoms with van der Waals surface area (Å²) < 4.78 is 17.9. The van der Waals surface area contributed by atoms with Crippen LogP contribution in [0.15, 0.2) is 48.7 Å². The van der Waals surface area contributed by atoms with Gasteiger partial charge >= 0.3 is 5.97 Å². The lowest BCUT2D eigenvalue weighted by Gasteiger charge is -2.05. The number of rotatable bonds is 3. The molecule has 0 unspecified atom stereocenters. The van der Waals surface area contributed by atoms with E-state index in [1.54, 1.807) is 43.5 Å². The molecule has 110 valence electrons. The van der Waals surface area contributed by atoms with Gasteiger partial charge < -0.3 is 4.74 Å². The van der Waals surface area contributed by atoms with Crippen molar-refractivity contribution in [3.63, 3.8) is 0 Å². The zero-order valence-corrected chi connectivity index (χ0v) is 11.9. The summed E-state index contributed by atoms with van der Waals surface area (Å²) >= 11 is 0. The van der Waals surface area contributed by atoms with E-state index in [-0.39, 0.29) is 11.8 Å². The third-order valence-corrected chi connectivity index (χ3v) is 3.19. The summed E-state index contributed by atoms with van der Waals surface area (Å²) in [6.07, 6.45) is 1.60. The molecule has 0 amide bonds. The van der Waals surface area contributed by atoms with Crippen LogP contribution in [0.1, 0.15) is 17.3 Å². The van der Waals surface area contributed by atoms with Crippen LogP contribution < -0.4 is 0 Å². The van der Waals surface area contributed by atoms with Crippen LogP contribution in [0.25, 0.3) is 22.3 Å². The van der Waals surface area contributed by atoms with Crippen molar-refractivity contribution in [1.29, 1.82) is 0 Å². The third kappa shape index (κ3) is 2.79. The first-order valence-electron chi connectivity index (χ1n) is 6.87. The van der Waals surface area contributed by atoms with Crippen molar-refractivity contribution in [1.82, 2.24) is 9.97 Å². The van der Waals surface area contributed by atoms with Crippen LogP contribution in [-0.4, -0.2) is 22.5 Å².